The molecule has 150 valence electrons. The third-order valence-electron chi connectivity index (χ3n) is 5.51. The first kappa shape index (κ1) is 20.2. The standard InChI is InChI=1S/C23H31N3O2/c1-18(23(27)24-20-12-6-8-14-22(20)28-3)25(2)17-19-11-5-7-13-21(19)26-15-9-4-10-16-26/h5-8,11-14,18H,4,9-10,15-17H2,1-3H3,(H,24,27)/t18-/m0/s1. The first-order chi connectivity index (χ1) is 13.6. The predicted octanol–water partition coefficient (Wildman–Crippen LogP) is 4.14. The number of amides is 1. The molecule has 0 unspecified atom stereocenters. The highest BCUT2D eigenvalue weighted by Crippen LogP contribution is 2.26. The first-order valence-electron chi connectivity index (χ1n) is 10.1. The largest absolute Gasteiger partial charge is 0.495 e. The Labute approximate surface area is 168 Å². The molecule has 1 aliphatic heterocycles. The summed E-state index contributed by atoms with van der Waals surface area (Å²) < 4.78 is 5.33. The van der Waals surface area contributed by atoms with Crippen LogP contribution in [0.25, 0.3) is 0 Å². The van der Waals surface area contributed by atoms with Crippen molar-refractivity contribution in [3.05, 3.63) is 54.1 Å². The fourth-order valence-electron chi connectivity index (χ4n) is 3.68. The quantitative estimate of drug-likeness (QED) is 0.783. The van der Waals surface area contributed by atoms with Crippen LogP contribution >= 0.6 is 0 Å². The minimum absolute atomic E-state index is 0.0394. The Bertz CT molecular complexity index is 787. The van der Waals surface area contributed by atoms with Gasteiger partial charge in [-0.05, 0) is 57.0 Å². The molecule has 1 aliphatic rings. The average molecular weight is 382 g/mol. The van der Waals surface area contributed by atoms with Crippen molar-refractivity contribution in [1.82, 2.24) is 4.90 Å². The van der Waals surface area contributed by atoms with Crippen LogP contribution in [-0.4, -0.2) is 44.1 Å². The molecule has 0 saturated carbocycles. The summed E-state index contributed by atoms with van der Waals surface area (Å²) in [5.74, 6) is 0.628. The van der Waals surface area contributed by atoms with Gasteiger partial charge in [0.2, 0.25) is 5.91 Å². The van der Waals surface area contributed by atoms with E-state index in [9.17, 15) is 4.79 Å². The van der Waals surface area contributed by atoms with E-state index in [-0.39, 0.29) is 11.9 Å². The smallest absolute Gasteiger partial charge is 0.241 e. The molecule has 1 heterocycles. The number of benzene rings is 2. The summed E-state index contributed by atoms with van der Waals surface area (Å²) in [6.45, 7) is 4.90. The van der Waals surface area contributed by atoms with Gasteiger partial charge in [-0.3, -0.25) is 9.69 Å². The van der Waals surface area contributed by atoms with Gasteiger partial charge in [0.15, 0.2) is 0 Å². The molecule has 1 atom stereocenters. The normalized spacial score (nSPS) is 15.4. The monoisotopic (exact) mass is 381 g/mol. The van der Waals surface area contributed by atoms with Crippen LogP contribution in [0.15, 0.2) is 48.5 Å². The van der Waals surface area contributed by atoms with Crippen molar-refractivity contribution in [1.29, 1.82) is 0 Å². The maximum Gasteiger partial charge on any atom is 0.241 e. The molecule has 5 heteroatoms. The SMILES string of the molecule is COc1ccccc1NC(=O)[C@H](C)N(C)Cc1ccccc1N1CCCCC1. The maximum absolute atomic E-state index is 12.8. The second-order valence-corrected chi connectivity index (χ2v) is 7.46. The van der Waals surface area contributed by atoms with E-state index < -0.39 is 0 Å². The van der Waals surface area contributed by atoms with Crippen molar-refractivity contribution in [3.8, 4) is 5.75 Å². The first-order valence-corrected chi connectivity index (χ1v) is 10.1. The van der Waals surface area contributed by atoms with Crippen molar-refractivity contribution in [2.75, 3.05) is 37.5 Å². The van der Waals surface area contributed by atoms with Gasteiger partial charge in [-0.2, -0.15) is 0 Å². The molecular formula is C23H31N3O2. The lowest BCUT2D eigenvalue weighted by Gasteiger charge is -2.32. The Morgan fingerprint density at radius 3 is 2.54 bits per heavy atom. The minimum atomic E-state index is -0.265. The third kappa shape index (κ3) is 4.84. The summed E-state index contributed by atoms with van der Waals surface area (Å²) in [5.41, 5.74) is 3.26. The zero-order chi connectivity index (χ0) is 19.9. The second kappa shape index (κ2) is 9.60. The summed E-state index contributed by atoms with van der Waals surface area (Å²) in [6.07, 6.45) is 3.82. The van der Waals surface area contributed by atoms with Crippen LogP contribution in [0.3, 0.4) is 0 Å². The molecule has 1 saturated heterocycles. The van der Waals surface area contributed by atoms with Crippen LogP contribution in [0, 0.1) is 0 Å². The number of anilines is 2. The van der Waals surface area contributed by atoms with Crippen LogP contribution < -0.4 is 15.0 Å². The van der Waals surface area contributed by atoms with Gasteiger partial charge in [-0.25, -0.2) is 0 Å². The molecule has 3 rings (SSSR count). The Balaban J connectivity index is 1.67. The van der Waals surface area contributed by atoms with E-state index in [1.165, 1.54) is 30.5 Å². The number of methoxy groups -OCH3 is 1. The van der Waals surface area contributed by atoms with Crippen LogP contribution in [-0.2, 0) is 11.3 Å². The van der Waals surface area contributed by atoms with Gasteiger partial charge in [0.1, 0.15) is 5.75 Å². The van der Waals surface area contributed by atoms with Gasteiger partial charge in [0, 0.05) is 25.3 Å². The average Bonchev–Trinajstić information content (AvgIpc) is 2.74. The fourth-order valence-corrected chi connectivity index (χ4v) is 3.68. The Kier molecular flexibility index (Phi) is 6.93. The van der Waals surface area contributed by atoms with Crippen molar-refractivity contribution in [2.45, 2.75) is 38.8 Å². The van der Waals surface area contributed by atoms with Gasteiger partial charge in [-0.1, -0.05) is 30.3 Å². The Morgan fingerprint density at radius 1 is 1.11 bits per heavy atom. The van der Waals surface area contributed by atoms with Crippen LogP contribution in [0.4, 0.5) is 11.4 Å². The third-order valence-corrected chi connectivity index (χ3v) is 5.51. The lowest BCUT2D eigenvalue weighted by molar-refractivity contribution is -0.120. The number of likely N-dealkylation sites (N-methyl/N-ethyl adjacent to an activating group) is 1. The van der Waals surface area contributed by atoms with E-state index >= 15 is 0 Å². The molecule has 5 nitrogen and oxygen atoms in total. The van der Waals surface area contributed by atoms with E-state index in [0.29, 0.717) is 11.4 Å². The van der Waals surface area contributed by atoms with E-state index in [4.69, 9.17) is 4.74 Å². The number of rotatable bonds is 7. The summed E-state index contributed by atoms with van der Waals surface area (Å²) in [5, 5.41) is 2.99. The van der Waals surface area contributed by atoms with E-state index in [0.717, 1.165) is 19.6 Å². The second-order valence-electron chi connectivity index (χ2n) is 7.46. The Hall–Kier alpha value is -2.53. The fraction of sp³-hybridized carbons (Fsp3) is 0.435. The summed E-state index contributed by atoms with van der Waals surface area (Å²) in [6, 6.07) is 15.8. The molecule has 0 radical (unpaired) electrons. The van der Waals surface area contributed by atoms with Crippen molar-refractivity contribution < 1.29 is 9.53 Å². The molecule has 28 heavy (non-hydrogen) atoms. The number of hydrogen-bond acceptors (Lipinski definition) is 4. The van der Waals surface area contributed by atoms with Crippen LogP contribution in [0.2, 0.25) is 0 Å². The highest BCUT2D eigenvalue weighted by molar-refractivity contribution is 5.95. The van der Waals surface area contributed by atoms with Crippen LogP contribution in [0.5, 0.6) is 5.75 Å². The number of nitrogens with one attached hydrogen (secondary N) is 1. The van der Waals surface area contributed by atoms with E-state index in [1.807, 2.05) is 38.2 Å². The van der Waals surface area contributed by atoms with Crippen molar-refractivity contribution in [2.24, 2.45) is 0 Å². The molecule has 0 bridgehead atoms. The van der Waals surface area contributed by atoms with Crippen LogP contribution in [0.1, 0.15) is 31.7 Å². The summed E-state index contributed by atoms with van der Waals surface area (Å²) >= 11 is 0. The van der Waals surface area contributed by atoms with Crippen molar-refractivity contribution in [3.63, 3.8) is 0 Å². The highest BCUT2D eigenvalue weighted by Gasteiger charge is 2.21. The number of piperidine rings is 1. The molecule has 0 aliphatic carbocycles. The lowest BCUT2D eigenvalue weighted by atomic mass is 10.1. The zero-order valence-corrected chi connectivity index (χ0v) is 17.1. The number of carbonyl (C=O) groups is 1. The minimum Gasteiger partial charge on any atom is -0.495 e. The molecule has 0 spiro atoms. The topological polar surface area (TPSA) is 44.8 Å². The Morgan fingerprint density at radius 2 is 1.79 bits per heavy atom. The number of para-hydroxylation sites is 3. The molecular weight excluding hydrogens is 350 g/mol. The zero-order valence-electron chi connectivity index (χ0n) is 17.1. The van der Waals surface area contributed by atoms with E-state index in [1.54, 1.807) is 7.11 Å². The molecule has 0 aromatic heterocycles. The van der Waals surface area contributed by atoms with Gasteiger partial charge < -0.3 is 15.0 Å². The van der Waals surface area contributed by atoms with Gasteiger partial charge in [0.05, 0.1) is 18.8 Å². The number of ether oxygens (including phenoxy) is 1. The van der Waals surface area contributed by atoms with E-state index in [2.05, 4.69) is 39.4 Å². The molecule has 1 fully saturated rings. The molecule has 2 aromatic carbocycles. The number of hydrogen-bond donors (Lipinski definition) is 1. The number of carbonyl (C=O) groups excluding carboxylic acids is 1. The van der Waals surface area contributed by atoms with Gasteiger partial charge in [0.25, 0.3) is 0 Å². The summed E-state index contributed by atoms with van der Waals surface area (Å²) in [7, 11) is 3.61. The highest BCUT2D eigenvalue weighted by atomic mass is 16.5. The molecule has 1 amide bonds. The van der Waals surface area contributed by atoms with Gasteiger partial charge >= 0.3 is 0 Å². The maximum atomic E-state index is 12.8. The van der Waals surface area contributed by atoms with Crippen molar-refractivity contribution >= 4 is 17.3 Å². The summed E-state index contributed by atoms with van der Waals surface area (Å²) in [4.78, 5) is 17.3. The molecule has 2 aromatic rings. The molecule has 1 N–H and O–H groups in total. The van der Waals surface area contributed by atoms with Gasteiger partial charge in [-0.15, -0.1) is 0 Å². The lowest BCUT2D eigenvalue weighted by Crippen LogP contribution is -2.39. The predicted molar refractivity (Wildman–Crippen MR) is 115 cm³/mol. The number of nitrogens with zero attached hydrogens (tertiary/aromatic N) is 2.